The Morgan fingerprint density at radius 2 is 2.24 bits per heavy atom. The quantitative estimate of drug-likeness (QED) is 0.351. The van der Waals surface area contributed by atoms with Crippen LogP contribution < -0.4 is 16.0 Å². The Morgan fingerprint density at radius 1 is 1.41 bits per heavy atom. The maximum atomic E-state index is 11.2. The minimum atomic E-state index is -0.225. The van der Waals surface area contributed by atoms with Gasteiger partial charge < -0.3 is 25.6 Å². The standard InChI is InChI=1S/C20H32N6O2.HI/c1-15-13-25(8-9-28-15)19-11-16(5-6-23-19)12-24-20(22-2)26-7-3-4-17(14-26)10-18(21)27;/h5-6,11,15,17H,3-4,7-10,12-14H2,1-2H3,(H2,21,27)(H,22,24);1H. The van der Waals surface area contributed by atoms with Crippen molar-refractivity contribution in [2.75, 3.05) is 44.7 Å². The third-order valence-corrected chi connectivity index (χ3v) is 5.35. The summed E-state index contributed by atoms with van der Waals surface area (Å²) in [4.78, 5) is 24.7. The maximum absolute atomic E-state index is 11.2. The van der Waals surface area contributed by atoms with Crippen LogP contribution in [0.2, 0.25) is 0 Å². The number of hydrogen-bond donors (Lipinski definition) is 2. The first-order chi connectivity index (χ1) is 13.5. The van der Waals surface area contributed by atoms with Crippen LogP contribution in [0.25, 0.3) is 0 Å². The third-order valence-electron chi connectivity index (χ3n) is 5.35. The highest BCUT2D eigenvalue weighted by Crippen LogP contribution is 2.20. The number of carbonyl (C=O) groups is 1. The van der Waals surface area contributed by atoms with Crippen molar-refractivity contribution in [3.63, 3.8) is 0 Å². The number of nitrogens with two attached hydrogens (primary N) is 1. The topological polar surface area (TPSA) is 96.1 Å². The molecule has 2 saturated heterocycles. The van der Waals surface area contributed by atoms with Gasteiger partial charge in [-0.15, -0.1) is 24.0 Å². The molecule has 2 fully saturated rings. The minimum absolute atomic E-state index is 0. The van der Waals surface area contributed by atoms with Crippen molar-refractivity contribution in [2.45, 2.75) is 38.8 Å². The Bertz CT molecular complexity index is 701. The van der Waals surface area contributed by atoms with Crippen LogP contribution in [-0.4, -0.2) is 67.7 Å². The van der Waals surface area contributed by atoms with Gasteiger partial charge in [-0.1, -0.05) is 0 Å². The lowest BCUT2D eigenvalue weighted by atomic mass is 9.95. The molecule has 1 aromatic rings. The number of nitrogens with zero attached hydrogens (tertiary/aromatic N) is 4. The molecule has 0 radical (unpaired) electrons. The van der Waals surface area contributed by atoms with E-state index in [0.29, 0.717) is 18.9 Å². The number of guanidine groups is 1. The van der Waals surface area contributed by atoms with Crippen molar-refractivity contribution in [3.05, 3.63) is 23.9 Å². The molecule has 9 heteroatoms. The zero-order valence-corrected chi connectivity index (χ0v) is 19.7. The minimum Gasteiger partial charge on any atom is -0.375 e. The molecule has 29 heavy (non-hydrogen) atoms. The summed E-state index contributed by atoms with van der Waals surface area (Å²) in [6.07, 6.45) is 4.62. The van der Waals surface area contributed by atoms with Crippen LogP contribution in [0.5, 0.6) is 0 Å². The fraction of sp³-hybridized carbons (Fsp3) is 0.650. The number of anilines is 1. The number of carbonyl (C=O) groups excluding carboxylic acids is 1. The van der Waals surface area contributed by atoms with Crippen molar-refractivity contribution in [3.8, 4) is 0 Å². The molecule has 8 nitrogen and oxygen atoms in total. The normalized spacial score (nSPS) is 22.8. The number of nitrogens with one attached hydrogen (secondary N) is 1. The van der Waals surface area contributed by atoms with E-state index in [1.165, 1.54) is 0 Å². The molecule has 3 N–H and O–H groups in total. The molecule has 0 saturated carbocycles. The van der Waals surface area contributed by atoms with E-state index in [-0.39, 0.29) is 36.0 Å². The van der Waals surface area contributed by atoms with E-state index in [4.69, 9.17) is 10.5 Å². The number of ether oxygens (including phenoxy) is 1. The second kappa shape index (κ2) is 11.5. The van der Waals surface area contributed by atoms with Gasteiger partial charge in [-0.2, -0.15) is 0 Å². The maximum Gasteiger partial charge on any atom is 0.217 e. The van der Waals surface area contributed by atoms with E-state index in [2.05, 4.69) is 38.1 Å². The van der Waals surface area contributed by atoms with Gasteiger partial charge in [0.25, 0.3) is 0 Å². The Kier molecular flexibility index (Phi) is 9.41. The predicted molar refractivity (Wildman–Crippen MR) is 126 cm³/mol. The van der Waals surface area contributed by atoms with Crippen LogP contribution in [0.15, 0.2) is 23.3 Å². The number of halogens is 1. The summed E-state index contributed by atoms with van der Waals surface area (Å²) in [6, 6.07) is 4.16. The average molecular weight is 516 g/mol. The summed E-state index contributed by atoms with van der Waals surface area (Å²) in [5.74, 6) is 1.94. The number of likely N-dealkylation sites (tertiary alicyclic amines) is 1. The van der Waals surface area contributed by atoms with E-state index in [1.807, 2.05) is 12.3 Å². The van der Waals surface area contributed by atoms with Crippen molar-refractivity contribution >= 4 is 41.7 Å². The Morgan fingerprint density at radius 3 is 2.97 bits per heavy atom. The lowest BCUT2D eigenvalue weighted by Crippen LogP contribution is -2.47. The lowest BCUT2D eigenvalue weighted by molar-refractivity contribution is -0.119. The smallest absolute Gasteiger partial charge is 0.217 e. The number of piperidine rings is 1. The molecule has 1 amide bonds. The molecule has 0 bridgehead atoms. The second-order valence-corrected chi connectivity index (χ2v) is 7.68. The van der Waals surface area contributed by atoms with Crippen LogP contribution in [0.1, 0.15) is 31.7 Å². The Labute approximate surface area is 190 Å². The summed E-state index contributed by atoms with van der Waals surface area (Å²) in [7, 11) is 1.80. The van der Waals surface area contributed by atoms with Gasteiger partial charge in [0.05, 0.1) is 12.7 Å². The summed E-state index contributed by atoms with van der Waals surface area (Å²) < 4.78 is 5.62. The average Bonchev–Trinajstić information content (AvgIpc) is 2.68. The van der Waals surface area contributed by atoms with E-state index in [1.54, 1.807) is 7.05 Å². The molecule has 2 unspecified atom stereocenters. The van der Waals surface area contributed by atoms with Crippen molar-refractivity contribution in [1.29, 1.82) is 0 Å². The van der Waals surface area contributed by atoms with Crippen LogP contribution in [0, 0.1) is 5.92 Å². The molecule has 2 atom stereocenters. The van der Waals surface area contributed by atoms with E-state index in [0.717, 1.165) is 63.0 Å². The summed E-state index contributed by atoms with van der Waals surface area (Å²) in [6.45, 7) is 6.99. The molecule has 162 valence electrons. The van der Waals surface area contributed by atoms with E-state index < -0.39 is 0 Å². The number of amides is 1. The van der Waals surface area contributed by atoms with Gasteiger partial charge in [0.1, 0.15) is 5.82 Å². The Hall–Kier alpha value is -1.62. The van der Waals surface area contributed by atoms with Crippen molar-refractivity contribution in [1.82, 2.24) is 15.2 Å². The molecule has 3 rings (SSSR count). The zero-order chi connectivity index (χ0) is 19.9. The first-order valence-electron chi connectivity index (χ1n) is 10.1. The lowest BCUT2D eigenvalue weighted by Gasteiger charge is -2.34. The van der Waals surface area contributed by atoms with Gasteiger partial charge >= 0.3 is 0 Å². The van der Waals surface area contributed by atoms with Crippen molar-refractivity contribution in [2.24, 2.45) is 16.6 Å². The number of rotatable bonds is 5. The van der Waals surface area contributed by atoms with Gasteiger partial charge in [-0.05, 0) is 43.4 Å². The van der Waals surface area contributed by atoms with Crippen molar-refractivity contribution < 1.29 is 9.53 Å². The summed E-state index contributed by atoms with van der Waals surface area (Å²) in [5, 5.41) is 3.46. The molecule has 2 aliphatic heterocycles. The Balaban J connectivity index is 0.00000300. The highest BCUT2D eigenvalue weighted by molar-refractivity contribution is 14.0. The molecule has 0 spiro atoms. The highest BCUT2D eigenvalue weighted by atomic mass is 127. The van der Waals surface area contributed by atoms with Crippen LogP contribution in [0.3, 0.4) is 0 Å². The monoisotopic (exact) mass is 516 g/mol. The summed E-state index contributed by atoms with van der Waals surface area (Å²) >= 11 is 0. The predicted octanol–water partition coefficient (Wildman–Crippen LogP) is 1.59. The molecule has 1 aromatic heterocycles. The van der Waals surface area contributed by atoms with Crippen LogP contribution >= 0.6 is 24.0 Å². The molecule has 0 aromatic carbocycles. The highest BCUT2D eigenvalue weighted by Gasteiger charge is 2.23. The molecular weight excluding hydrogens is 483 g/mol. The number of primary amides is 1. The summed E-state index contributed by atoms with van der Waals surface area (Å²) in [5.41, 5.74) is 6.54. The number of morpholine rings is 1. The van der Waals surface area contributed by atoms with Gasteiger partial charge in [-0.3, -0.25) is 9.79 Å². The largest absolute Gasteiger partial charge is 0.375 e. The third kappa shape index (κ3) is 6.98. The molecular formula is C20H33IN6O2. The second-order valence-electron chi connectivity index (χ2n) is 7.68. The van der Waals surface area contributed by atoms with Crippen LogP contribution in [-0.2, 0) is 16.1 Å². The first kappa shape index (κ1) is 23.7. The fourth-order valence-corrected chi connectivity index (χ4v) is 3.99. The zero-order valence-electron chi connectivity index (χ0n) is 17.3. The van der Waals surface area contributed by atoms with E-state index >= 15 is 0 Å². The van der Waals surface area contributed by atoms with Crippen LogP contribution in [0.4, 0.5) is 5.82 Å². The number of aliphatic imine (C=N–C) groups is 1. The van der Waals surface area contributed by atoms with Gasteiger partial charge in [0, 0.05) is 52.4 Å². The number of hydrogen-bond acceptors (Lipinski definition) is 5. The van der Waals surface area contributed by atoms with Gasteiger partial charge in [-0.25, -0.2) is 4.98 Å². The number of pyridine rings is 1. The SMILES string of the molecule is CN=C(NCc1ccnc(N2CCOC(C)C2)c1)N1CCCC(CC(N)=O)C1.I. The number of aromatic nitrogens is 1. The first-order valence-corrected chi connectivity index (χ1v) is 10.1. The molecule has 2 aliphatic rings. The van der Waals surface area contributed by atoms with E-state index in [9.17, 15) is 4.79 Å². The fourth-order valence-electron chi connectivity index (χ4n) is 3.99. The van der Waals surface area contributed by atoms with Gasteiger partial charge in [0.2, 0.25) is 5.91 Å². The molecule has 3 heterocycles. The van der Waals surface area contributed by atoms with Gasteiger partial charge in [0.15, 0.2) is 5.96 Å². The molecule has 0 aliphatic carbocycles.